The number of halogens is 1. The highest BCUT2D eigenvalue weighted by Crippen LogP contribution is 2.36. The first-order valence-electron chi connectivity index (χ1n) is 6.78. The molecule has 2 heterocycles. The molecular weight excluding hydrogens is 258 g/mol. The molecule has 110 valence electrons. The van der Waals surface area contributed by atoms with E-state index >= 15 is 0 Å². The smallest absolute Gasteiger partial charge is 0.398 e. The standard InChI is InChI=1S/C14H22BFN2O2/c1-13(2)14(3,4)20-15(19-13)12-11(16)10(7-8-17-12)9-18(5)6/h7-8H,9H2,1-6H3. The van der Waals surface area contributed by atoms with Crippen LogP contribution in [0.15, 0.2) is 12.3 Å². The molecule has 0 unspecified atom stereocenters. The Morgan fingerprint density at radius 1 is 1.20 bits per heavy atom. The highest BCUT2D eigenvalue weighted by Gasteiger charge is 2.53. The normalized spacial score (nSPS) is 20.7. The second-order valence-corrected chi connectivity index (χ2v) is 6.50. The van der Waals surface area contributed by atoms with Crippen LogP contribution in [0.4, 0.5) is 4.39 Å². The lowest BCUT2D eigenvalue weighted by Crippen LogP contribution is -2.41. The lowest BCUT2D eigenvalue weighted by molar-refractivity contribution is 0.00578. The first kappa shape index (κ1) is 15.4. The van der Waals surface area contributed by atoms with Crippen molar-refractivity contribution in [1.82, 2.24) is 9.88 Å². The Labute approximate surface area is 120 Å². The summed E-state index contributed by atoms with van der Waals surface area (Å²) in [4.78, 5) is 6.02. The van der Waals surface area contributed by atoms with Crippen molar-refractivity contribution in [3.05, 3.63) is 23.6 Å². The van der Waals surface area contributed by atoms with Crippen LogP contribution in [0.2, 0.25) is 0 Å². The molecule has 0 aliphatic carbocycles. The summed E-state index contributed by atoms with van der Waals surface area (Å²) in [7, 11) is 3.03. The van der Waals surface area contributed by atoms with Crippen molar-refractivity contribution >= 4 is 12.7 Å². The van der Waals surface area contributed by atoms with Crippen LogP contribution in [0, 0.1) is 5.82 Å². The zero-order chi connectivity index (χ0) is 15.1. The van der Waals surface area contributed by atoms with E-state index in [2.05, 4.69) is 4.98 Å². The summed E-state index contributed by atoms with van der Waals surface area (Å²) in [5, 5.41) is 0. The quantitative estimate of drug-likeness (QED) is 0.787. The average Bonchev–Trinajstić information content (AvgIpc) is 2.50. The van der Waals surface area contributed by atoms with Gasteiger partial charge < -0.3 is 14.2 Å². The Kier molecular flexibility index (Phi) is 3.93. The maximum Gasteiger partial charge on any atom is 0.517 e. The van der Waals surface area contributed by atoms with Crippen molar-refractivity contribution in [2.45, 2.75) is 45.4 Å². The fourth-order valence-electron chi connectivity index (χ4n) is 2.08. The SMILES string of the molecule is CN(C)Cc1ccnc(B2OC(C)(C)C(C)(C)O2)c1F. The molecule has 6 heteroatoms. The minimum absolute atomic E-state index is 0.225. The maximum absolute atomic E-state index is 14.5. The van der Waals surface area contributed by atoms with Crippen LogP contribution in [0.25, 0.3) is 0 Å². The van der Waals surface area contributed by atoms with Crippen molar-refractivity contribution in [2.24, 2.45) is 0 Å². The topological polar surface area (TPSA) is 34.6 Å². The van der Waals surface area contributed by atoms with Crippen LogP contribution in [-0.2, 0) is 15.9 Å². The van der Waals surface area contributed by atoms with E-state index in [0.29, 0.717) is 12.1 Å². The summed E-state index contributed by atoms with van der Waals surface area (Å²) in [5.74, 6) is -0.347. The lowest BCUT2D eigenvalue weighted by Gasteiger charge is -2.32. The summed E-state index contributed by atoms with van der Waals surface area (Å²) in [5.41, 5.74) is -0.176. The van der Waals surface area contributed by atoms with Crippen LogP contribution < -0.4 is 5.59 Å². The second kappa shape index (κ2) is 5.09. The first-order valence-corrected chi connectivity index (χ1v) is 6.78. The minimum atomic E-state index is -0.762. The number of hydrogen-bond acceptors (Lipinski definition) is 4. The third kappa shape index (κ3) is 2.73. The van der Waals surface area contributed by atoms with E-state index in [9.17, 15) is 4.39 Å². The molecule has 0 atom stereocenters. The van der Waals surface area contributed by atoms with Crippen molar-refractivity contribution in [1.29, 1.82) is 0 Å². The zero-order valence-electron chi connectivity index (χ0n) is 13.0. The molecule has 1 aromatic rings. The van der Waals surface area contributed by atoms with E-state index in [1.54, 1.807) is 12.3 Å². The van der Waals surface area contributed by atoms with E-state index in [0.717, 1.165) is 0 Å². The number of nitrogens with zero attached hydrogens (tertiary/aromatic N) is 2. The molecule has 20 heavy (non-hydrogen) atoms. The molecule has 0 amide bonds. The van der Waals surface area contributed by atoms with E-state index in [-0.39, 0.29) is 11.4 Å². The van der Waals surface area contributed by atoms with Crippen molar-refractivity contribution in [3.8, 4) is 0 Å². The monoisotopic (exact) mass is 280 g/mol. The van der Waals surface area contributed by atoms with Crippen LogP contribution in [0.1, 0.15) is 33.3 Å². The van der Waals surface area contributed by atoms with E-state index < -0.39 is 18.3 Å². The third-order valence-corrected chi connectivity index (χ3v) is 3.96. The van der Waals surface area contributed by atoms with Crippen molar-refractivity contribution in [3.63, 3.8) is 0 Å². The number of aromatic nitrogens is 1. The number of pyridine rings is 1. The molecule has 0 spiro atoms. The van der Waals surface area contributed by atoms with Gasteiger partial charge in [-0.2, -0.15) is 0 Å². The summed E-state index contributed by atoms with van der Waals surface area (Å²) in [6, 6.07) is 1.68. The van der Waals surface area contributed by atoms with Gasteiger partial charge >= 0.3 is 7.12 Å². The third-order valence-electron chi connectivity index (χ3n) is 3.96. The van der Waals surface area contributed by atoms with Gasteiger partial charge in [0.15, 0.2) is 0 Å². The summed E-state index contributed by atoms with van der Waals surface area (Å²) in [6.07, 6.45) is 1.60. The van der Waals surface area contributed by atoms with Crippen LogP contribution in [-0.4, -0.2) is 42.3 Å². The largest absolute Gasteiger partial charge is 0.517 e. The molecule has 0 N–H and O–H groups in total. The summed E-state index contributed by atoms with van der Waals surface area (Å²) >= 11 is 0. The molecule has 1 fully saturated rings. The Hall–Kier alpha value is -0.975. The fraction of sp³-hybridized carbons (Fsp3) is 0.643. The van der Waals surface area contributed by atoms with Gasteiger partial charge in [-0.25, -0.2) is 4.39 Å². The molecule has 0 bridgehead atoms. The lowest BCUT2D eigenvalue weighted by atomic mass is 9.83. The van der Waals surface area contributed by atoms with Gasteiger partial charge in [-0.15, -0.1) is 0 Å². The Morgan fingerprint density at radius 3 is 2.25 bits per heavy atom. The molecule has 0 aromatic carbocycles. The fourth-order valence-corrected chi connectivity index (χ4v) is 2.08. The average molecular weight is 280 g/mol. The summed E-state index contributed by atoms with van der Waals surface area (Å²) in [6.45, 7) is 8.27. The van der Waals surface area contributed by atoms with Crippen LogP contribution in [0.5, 0.6) is 0 Å². The second-order valence-electron chi connectivity index (χ2n) is 6.50. The molecule has 1 aliphatic heterocycles. The van der Waals surface area contributed by atoms with Gasteiger partial charge in [0, 0.05) is 18.3 Å². The molecule has 1 saturated heterocycles. The highest BCUT2D eigenvalue weighted by molar-refractivity contribution is 6.61. The Bertz CT molecular complexity index is 490. The van der Waals surface area contributed by atoms with E-state index in [1.165, 1.54) is 0 Å². The minimum Gasteiger partial charge on any atom is -0.398 e. The predicted octanol–water partition coefficient (Wildman–Crippen LogP) is 1.58. The predicted molar refractivity (Wildman–Crippen MR) is 77.3 cm³/mol. The van der Waals surface area contributed by atoms with E-state index in [4.69, 9.17) is 9.31 Å². The first-order chi connectivity index (χ1) is 9.14. The van der Waals surface area contributed by atoms with Gasteiger partial charge in [0.1, 0.15) is 11.4 Å². The molecular formula is C14H22BFN2O2. The molecule has 1 aliphatic rings. The molecule has 4 nitrogen and oxygen atoms in total. The van der Waals surface area contributed by atoms with Gasteiger partial charge in [0.05, 0.1) is 11.2 Å². The molecule has 1 aromatic heterocycles. The van der Waals surface area contributed by atoms with Crippen molar-refractivity contribution in [2.75, 3.05) is 14.1 Å². The van der Waals surface area contributed by atoms with Crippen LogP contribution >= 0.6 is 0 Å². The molecule has 0 saturated carbocycles. The van der Waals surface area contributed by atoms with Gasteiger partial charge in [-0.3, -0.25) is 4.98 Å². The summed E-state index contributed by atoms with van der Waals surface area (Å²) < 4.78 is 26.2. The van der Waals surface area contributed by atoms with Crippen molar-refractivity contribution < 1.29 is 13.7 Å². The maximum atomic E-state index is 14.5. The number of rotatable bonds is 3. The Morgan fingerprint density at radius 2 is 1.75 bits per heavy atom. The van der Waals surface area contributed by atoms with Gasteiger partial charge in [-0.1, -0.05) is 0 Å². The van der Waals surface area contributed by atoms with E-state index in [1.807, 2.05) is 46.7 Å². The number of hydrogen-bond donors (Lipinski definition) is 0. The zero-order valence-corrected chi connectivity index (χ0v) is 13.0. The highest BCUT2D eigenvalue weighted by atomic mass is 19.1. The molecule has 2 rings (SSSR count). The van der Waals surface area contributed by atoms with Crippen LogP contribution in [0.3, 0.4) is 0 Å². The van der Waals surface area contributed by atoms with Gasteiger partial charge in [-0.05, 0) is 47.9 Å². The Balaban J connectivity index is 2.31. The van der Waals surface area contributed by atoms with Gasteiger partial charge in [0.25, 0.3) is 0 Å². The molecule has 0 radical (unpaired) electrons. The van der Waals surface area contributed by atoms with Gasteiger partial charge in [0.2, 0.25) is 0 Å².